The average Bonchev–Trinajstić information content (AvgIpc) is 2.80. The summed E-state index contributed by atoms with van der Waals surface area (Å²) in [6.45, 7) is 7.86. The van der Waals surface area contributed by atoms with Crippen molar-refractivity contribution < 1.29 is 0 Å². The molecule has 1 aliphatic heterocycles. The van der Waals surface area contributed by atoms with Crippen LogP contribution < -0.4 is 11.4 Å². The molecule has 0 unspecified atom stereocenters. The molecule has 0 amide bonds. The maximum Gasteiger partial charge on any atom is 0.330 e. The number of allylic oxidation sites excluding steroid dienone is 1. The largest absolute Gasteiger partial charge is 0.404 e. The minimum absolute atomic E-state index is 0.00985. The van der Waals surface area contributed by atoms with Crippen LogP contribution in [0.2, 0.25) is 0 Å². The van der Waals surface area contributed by atoms with Gasteiger partial charge in [-0.25, -0.2) is 9.78 Å². The normalized spacial score (nSPS) is 16.3. The number of aryl methyl sites for hydroxylation is 1. The first-order valence-electron chi connectivity index (χ1n) is 8.84. The van der Waals surface area contributed by atoms with Crippen LogP contribution in [0.15, 0.2) is 28.1 Å². The number of imidazole rings is 1. The van der Waals surface area contributed by atoms with E-state index in [4.69, 9.17) is 10.7 Å². The number of aliphatic imine (C=N–C) groups is 1. The predicted octanol–water partition coefficient (Wildman–Crippen LogP) is 2.71. The smallest absolute Gasteiger partial charge is 0.330 e. The third kappa shape index (κ3) is 3.38. The Bertz CT molecular complexity index is 908. The fourth-order valence-corrected chi connectivity index (χ4v) is 3.30. The Kier molecular flexibility index (Phi) is 4.54. The van der Waals surface area contributed by atoms with Gasteiger partial charge < -0.3 is 5.73 Å². The molecule has 0 radical (unpaired) electrons. The van der Waals surface area contributed by atoms with Crippen molar-refractivity contribution in [3.8, 4) is 0 Å². The van der Waals surface area contributed by atoms with Gasteiger partial charge >= 0.3 is 5.69 Å². The molecule has 3 heterocycles. The van der Waals surface area contributed by atoms with Gasteiger partial charge in [-0.2, -0.15) is 0 Å². The summed E-state index contributed by atoms with van der Waals surface area (Å²) in [5.74, 6) is 0. The fraction of sp³-hybridized carbons (Fsp3) is 0.526. The van der Waals surface area contributed by atoms with Gasteiger partial charge in [-0.3, -0.25) is 14.1 Å². The van der Waals surface area contributed by atoms with Crippen LogP contribution in [-0.4, -0.2) is 26.4 Å². The molecule has 6 heteroatoms. The summed E-state index contributed by atoms with van der Waals surface area (Å²) in [6, 6.07) is 3.91. The van der Waals surface area contributed by atoms with E-state index < -0.39 is 0 Å². The van der Waals surface area contributed by atoms with E-state index in [9.17, 15) is 4.79 Å². The maximum atomic E-state index is 12.6. The molecule has 0 spiro atoms. The highest BCUT2D eigenvalue weighted by molar-refractivity contribution is 6.23. The zero-order chi connectivity index (χ0) is 18.2. The Morgan fingerprint density at radius 1 is 1.32 bits per heavy atom. The van der Waals surface area contributed by atoms with Gasteiger partial charge in [-0.15, -0.1) is 0 Å². The highest BCUT2D eigenvalue weighted by Gasteiger charge is 2.20. The lowest BCUT2D eigenvalue weighted by atomic mass is 9.97. The van der Waals surface area contributed by atoms with Crippen LogP contribution in [0.25, 0.3) is 16.7 Å². The lowest BCUT2D eigenvalue weighted by molar-refractivity contribution is 0.342. The quantitative estimate of drug-likeness (QED) is 0.932. The molecule has 0 bridgehead atoms. The van der Waals surface area contributed by atoms with Crippen molar-refractivity contribution in [3.05, 3.63) is 34.5 Å². The van der Waals surface area contributed by atoms with Crippen molar-refractivity contribution in [3.63, 3.8) is 0 Å². The lowest BCUT2D eigenvalue weighted by Gasteiger charge is -2.18. The molecule has 0 fully saturated rings. The van der Waals surface area contributed by atoms with Crippen LogP contribution in [0.4, 0.5) is 0 Å². The Morgan fingerprint density at radius 3 is 2.68 bits per heavy atom. The minimum atomic E-state index is -0.0390. The van der Waals surface area contributed by atoms with E-state index in [2.05, 4.69) is 25.8 Å². The van der Waals surface area contributed by atoms with E-state index in [1.165, 1.54) is 0 Å². The molecule has 2 aromatic rings. The van der Waals surface area contributed by atoms with Crippen LogP contribution in [-0.2, 0) is 13.6 Å². The molecule has 1 aliphatic rings. The molecule has 3 rings (SSSR count). The van der Waals surface area contributed by atoms with Crippen LogP contribution >= 0.6 is 0 Å². The number of aromatic nitrogens is 3. The molecule has 134 valence electrons. The van der Waals surface area contributed by atoms with Gasteiger partial charge in [-0.1, -0.05) is 20.8 Å². The van der Waals surface area contributed by atoms with Gasteiger partial charge in [-0.05, 0) is 36.8 Å². The maximum absolute atomic E-state index is 12.6. The summed E-state index contributed by atoms with van der Waals surface area (Å²) < 4.78 is 3.41. The summed E-state index contributed by atoms with van der Waals surface area (Å²) in [6.07, 6.45) is 4.76. The molecule has 2 aromatic heterocycles. The van der Waals surface area contributed by atoms with E-state index in [-0.39, 0.29) is 11.1 Å². The third-order valence-corrected chi connectivity index (χ3v) is 4.49. The van der Waals surface area contributed by atoms with Crippen molar-refractivity contribution in [2.45, 2.75) is 46.6 Å². The monoisotopic (exact) mass is 341 g/mol. The van der Waals surface area contributed by atoms with Gasteiger partial charge in [0, 0.05) is 37.6 Å². The average molecular weight is 341 g/mol. The van der Waals surface area contributed by atoms with Gasteiger partial charge in [0.15, 0.2) is 5.65 Å². The first-order chi connectivity index (χ1) is 11.8. The van der Waals surface area contributed by atoms with E-state index in [1.54, 1.807) is 22.4 Å². The van der Waals surface area contributed by atoms with Gasteiger partial charge in [0.05, 0.1) is 11.2 Å². The second-order valence-electron chi connectivity index (χ2n) is 7.89. The molecule has 0 atom stereocenters. The second kappa shape index (κ2) is 6.50. The topological polar surface area (TPSA) is 78.2 Å². The highest BCUT2D eigenvalue weighted by Crippen LogP contribution is 2.24. The Morgan fingerprint density at radius 2 is 2.08 bits per heavy atom. The summed E-state index contributed by atoms with van der Waals surface area (Å²) in [5.41, 5.74) is 10.1. The minimum Gasteiger partial charge on any atom is -0.404 e. The lowest BCUT2D eigenvalue weighted by Crippen LogP contribution is -2.27. The summed E-state index contributed by atoms with van der Waals surface area (Å²) in [4.78, 5) is 22.0. The van der Waals surface area contributed by atoms with E-state index >= 15 is 0 Å². The Labute approximate surface area is 148 Å². The molecular weight excluding hydrogens is 314 g/mol. The molecule has 0 aromatic carbocycles. The number of nitrogens with zero attached hydrogens (tertiary/aromatic N) is 4. The predicted molar refractivity (Wildman–Crippen MR) is 103 cm³/mol. The first-order valence-corrected chi connectivity index (χ1v) is 8.84. The number of fused-ring (bicyclic) bond motifs is 1. The Hall–Kier alpha value is -2.37. The molecular formula is C19H27N5O. The van der Waals surface area contributed by atoms with Crippen LogP contribution in [0, 0.1) is 5.41 Å². The van der Waals surface area contributed by atoms with Crippen LogP contribution in [0.5, 0.6) is 0 Å². The highest BCUT2D eigenvalue weighted by atomic mass is 16.1. The van der Waals surface area contributed by atoms with Crippen LogP contribution in [0.1, 0.15) is 45.7 Å². The van der Waals surface area contributed by atoms with Gasteiger partial charge in [0.1, 0.15) is 0 Å². The first kappa shape index (κ1) is 17.5. The number of nitrogens with two attached hydrogens (primary N) is 1. The molecule has 6 nitrogen and oxygen atoms in total. The molecule has 0 saturated carbocycles. The summed E-state index contributed by atoms with van der Waals surface area (Å²) >= 11 is 0. The third-order valence-electron chi connectivity index (χ3n) is 4.49. The van der Waals surface area contributed by atoms with Crippen molar-refractivity contribution in [2.75, 3.05) is 6.54 Å². The number of pyridine rings is 1. The second-order valence-corrected chi connectivity index (χ2v) is 7.89. The number of hydrogen-bond donors (Lipinski definition) is 1. The Balaban J connectivity index is 2.10. The van der Waals surface area contributed by atoms with Gasteiger partial charge in [0.25, 0.3) is 0 Å². The number of hydrogen-bond acceptors (Lipinski definition) is 4. The standard InChI is InChI=1S/C19H27N5O/c1-19(2,3)12-24-16-9-8-15(22-17(16)23(4)18(24)25)13(11-20)14-7-5-6-10-21-14/h8-9,11H,5-7,10,12,20H2,1-4H3. The SMILES string of the molecule is Cn1c(=O)n(CC(C)(C)C)c2ccc(C(=CN)C3=NCCCC3)nc21. The summed E-state index contributed by atoms with van der Waals surface area (Å²) in [7, 11) is 1.77. The van der Waals surface area contributed by atoms with E-state index in [0.29, 0.717) is 12.2 Å². The van der Waals surface area contributed by atoms with Crippen molar-refractivity contribution in [1.29, 1.82) is 0 Å². The molecule has 0 saturated heterocycles. The van der Waals surface area contributed by atoms with Crippen molar-refractivity contribution >= 4 is 22.4 Å². The van der Waals surface area contributed by atoms with Crippen molar-refractivity contribution in [1.82, 2.24) is 14.1 Å². The summed E-state index contributed by atoms with van der Waals surface area (Å²) in [5, 5.41) is 0. The molecule has 0 aliphatic carbocycles. The molecule has 25 heavy (non-hydrogen) atoms. The van der Waals surface area contributed by atoms with Gasteiger partial charge in [0.2, 0.25) is 0 Å². The van der Waals surface area contributed by atoms with E-state index in [1.807, 2.05) is 12.1 Å². The van der Waals surface area contributed by atoms with Crippen molar-refractivity contribution in [2.24, 2.45) is 23.2 Å². The number of rotatable bonds is 3. The van der Waals surface area contributed by atoms with E-state index in [0.717, 1.165) is 48.3 Å². The fourth-order valence-electron chi connectivity index (χ4n) is 3.30. The zero-order valence-corrected chi connectivity index (χ0v) is 15.5. The van der Waals surface area contributed by atoms with Crippen LogP contribution in [0.3, 0.4) is 0 Å². The molecule has 2 N–H and O–H groups in total. The zero-order valence-electron chi connectivity index (χ0n) is 15.5.